The molecule has 1 N–H and O–H groups in total. The third-order valence-electron chi connectivity index (χ3n) is 3.36. The summed E-state index contributed by atoms with van der Waals surface area (Å²) in [5, 5.41) is 15.0. The van der Waals surface area contributed by atoms with Gasteiger partial charge in [-0.25, -0.2) is 4.39 Å². The molecule has 0 amide bonds. The van der Waals surface area contributed by atoms with E-state index < -0.39 is 0 Å². The standard InChI is InChI=1S/C15H12ClFN2O/c1-8-5-14(20)12(16)7-10(8)15-11-6-9(17)3-4-13(11)19(2)18-15/h3-7,20H,1-2H3. The average molecular weight is 291 g/mol. The van der Waals surface area contributed by atoms with Crippen LogP contribution in [0.2, 0.25) is 5.02 Å². The van der Waals surface area contributed by atoms with E-state index in [2.05, 4.69) is 5.10 Å². The molecule has 0 fully saturated rings. The van der Waals surface area contributed by atoms with Gasteiger partial charge in [0.25, 0.3) is 0 Å². The maximum atomic E-state index is 13.5. The number of nitrogens with zero attached hydrogens (tertiary/aromatic N) is 2. The van der Waals surface area contributed by atoms with Crippen LogP contribution >= 0.6 is 11.6 Å². The second-order valence-corrected chi connectivity index (χ2v) is 5.16. The Morgan fingerprint density at radius 1 is 1.25 bits per heavy atom. The number of phenolic OH excluding ortho intramolecular Hbond substituents is 1. The second-order valence-electron chi connectivity index (χ2n) is 4.75. The average Bonchev–Trinajstić information content (AvgIpc) is 2.70. The molecular weight excluding hydrogens is 279 g/mol. The van der Waals surface area contributed by atoms with Crippen molar-refractivity contribution in [3.8, 4) is 17.0 Å². The maximum absolute atomic E-state index is 13.5. The SMILES string of the molecule is Cc1cc(O)c(Cl)cc1-c1nn(C)c2ccc(F)cc12. The van der Waals surface area contributed by atoms with Gasteiger partial charge in [0, 0.05) is 18.0 Å². The van der Waals surface area contributed by atoms with Crippen molar-refractivity contribution in [1.29, 1.82) is 0 Å². The van der Waals surface area contributed by atoms with E-state index in [1.54, 1.807) is 29.9 Å². The van der Waals surface area contributed by atoms with Crippen molar-refractivity contribution in [2.24, 2.45) is 7.05 Å². The molecule has 2 aromatic carbocycles. The fourth-order valence-corrected chi connectivity index (χ4v) is 2.52. The highest BCUT2D eigenvalue weighted by molar-refractivity contribution is 6.32. The van der Waals surface area contributed by atoms with E-state index in [1.807, 2.05) is 6.92 Å². The van der Waals surface area contributed by atoms with Gasteiger partial charge in [0.1, 0.15) is 17.3 Å². The van der Waals surface area contributed by atoms with Gasteiger partial charge >= 0.3 is 0 Å². The highest BCUT2D eigenvalue weighted by atomic mass is 35.5. The summed E-state index contributed by atoms with van der Waals surface area (Å²) in [7, 11) is 1.81. The van der Waals surface area contributed by atoms with Crippen LogP contribution in [0.5, 0.6) is 5.75 Å². The van der Waals surface area contributed by atoms with Gasteiger partial charge in [0.15, 0.2) is 0 Å². The van der Waals surface area contributed by atoms with Crippen LogP contribution in [-0.2, 0) is 7.05 Å². The monoisotopic (exact) mass is 290 g/mol. The molecule has 0 aliphatic rings. The van der Waals surface area contributed by atoms with Crippen molar-refractivity contribution < 1.29 is 9.50 Å². The Morgan fingerprint density at radius 2 is 2.00 bits per heavy atom. The van der Waals surface area contributed by atoms with Gasteiger partial charge in [-0.1, -0.05) is 11.6 Å². The molecule has 0 aliphatic carbocycles. The van der Waals surface area contributed by atoms with Gasteiger partial charge in [-0.15, -0.1) is 0 Å². The number of aromatic hydroxyl groups is 1. The minimum absolute atomic E-state index is 0.0272. The topological polar surface area (TPSA) is 38.1 Å². The van der Waals surface area contributed by atoms with Gasteiger partial charge in [0.2, 0.25) is 0 Å². The first-order valence-corrected chi connectivity index (χ1v) is 6.47. The molecule has 102 valence electrons. The van der Waals surface area contributed by atoms with Gasteiger partial charge in [0.05, 0.1) is 10.5 Å². The van der Waals surface area contributed by atoms with Crippen molar-refractivity contribution in [2.45, 2.75) is 6.92 Å². The lowest BCUT2D eigenvalue weighted by Crippen LogP contribution is -1.90. The third kappa shape index (κ3) is 1.93. The second kappa shape index (κ2) is 4.49. The highest BCUT2D eigenvalue weighted by Gasteiger charge is 2.15. The van der Waals surface area contributed by atoms with Gasteiger partial charge < -0.3 is 5.11 Å². The maximum Gasteiger partial charge on any atom is 0.134 e. The van der Waals surface area contributed by atoms with Crippen LogP contribution in [0, 0.1) is 12.7 Å². The Hall–Kier alpha value is -2.07. The first kappa shape index (κ1) is 12.9. The van der Waals surface area contributed by atoms with E-state index >= 15 is 0 Å². The van der Waals surface area contributed by atoms with Gasteiger partial charge in [-0.05, 0) is 42.8 Å². The minimum atomic E-state index is -0.311. The number of benzene rings is 2. The fraction of sp³-hybridized carbons (Fsp3) is 0.133. The largest absolute Gasteiger partial charge is 0.506 e. The first-order valence-electron chi connectivity index (χ1n) is 6.09. The first-order chi connectivity index (χ1) is 9.47. The Morgan fingerprint density at radius 3 is 2.75 bits per heavy atom. The number of hydrogen-bond donors (Lipinski definition) is 1. The van der Waals surface area contributed by atoms with Gasteiger partial charge in [-0.3, -0.25) is 4.68 Å². The summed E-state index contributed by atoms with van der Waals surface area (Å²) >= 11 is 5.97. The number of halogens is 2. The molecule has 0 unspecified atom stereocenters. The Balaban J connectivity index is 2.35. The third-order valence-corrected chi connectivity index (χ3v) is 3.66. The number of aryl methyl sites for hydroxylation is 2. The van der Waals surface area contributed by atoms with Crippen molar-refractivity contribution >= 4 is 22.5 Å². The van der Waals surface area contributed by atoms with Crippen LogP contribution in [0.25, 0.3) is 22.2 Å². The molecule has 1 heterocycles. The Kier molecular flexibility index (Phi) is 2.91. The van der Waals surface area contributed by atoms with Crippen LogP contribution < -0.4 is 0 Å². The molecule has 1 aromatic heterocycles. The fourth-order valence-electron chi connectivity index (χ4n) is 2.36. The lowest BCUT2D eigenvalue weighted by atomic mass is 10.0. The zero-order chi connectivity index (χ0) is 14.4. The summed E-state index contributed by atoms with van der Waals surface area (Å²) in [6.07, 6.45) is 0. The number of fused-ring (bicyclic) bond motifs is 1. The van der Waals surface area contributed by atoms with E-state index in [0.29, 0.717) is 5.69 Å². The van der Waals surface area contributed by atoms with E-state index in [0.717, 1.165) is 22.0 Å². The lowest BCUT2D eigenvalue weighted by molar-refractivity contribution is 0.475. The summed E-state index contributed by atoms with van der Waals surface area (Å²) in [4.78, 5) is 0. The summed E-state index contributed by atoms with van der Waals surface area (Å²) < 4.78 is 15.2. The predicted octanol–water partition coefficient (Wildman–Crippen LogP) is 4.05. The van der Waals surface area contributed by atoms with Crippen molar-refractivity contribution in [3.63, 3.8) is 0 Å². The summed E-state index contributed by atoms with van der Waals surface area (Å²) in [6.45, 7) is 1.85. The Labute approximate surface area is 120 Å². The van der Waals surface area contributed by atoms with Crippen LogP contribution in [0.4, 0.5) is 4.39 Å². The van der Waals surface area contributed by atoms with Crippen LogP contribution in [-0.4, -0.2) is 14.9 Å². The number of aromatic nitrogens is 2. The van der Waals surface area contributed by atoms with Crippen LogP contribution in [0.15, 0.2) is 30.3 Å². The van der Waals surface area contributed by atoms with Crippen molar-refractivity contribution in [1.82, 2.24) is 9.78 Å². The molecule has 3 rings (SSSR count). The minimum Gasteiger partial charge on any atom is -0.506 e. The molecule has 0 saturated carbocycles. The molecule has 0 bridgehead atoms. The normalized spacial score (nSPS) is 11.2. The molecule has 0 spiro atoms. The molecule has 5 heteroatoms. The quantitative estimate of drug-likeness (QED) is 0.734. The molecule has 3 nitrogen and oxygen atoms in total. The van der Waals surface area contributed by atoms with Crippen molar-refractivity contribution in [3.05, 3.63) is 46.7 Å². The summed E-state index contributed by atoms with van der Waals surface area (Å²) in [6, 6.07) is 7.79. The van der Waals surface area contributed by atoms with E-state index in [9.17, 15) is 9.50 Å². The summed E-state index contributed by atoms with van der Waals surface area (Å²) in [5.74, 6) is -0.284. The van der Waals surface area contributed by atoms with Gasteiger partial charge in [-0.2, -0.15) is 5.10 Å². The molecule has 0 saturated heterocycles. The lowest BCUT2D eigenvalue weighted by Gasteiger charge is -2.06. The van der Waals surface area contributed by atoms with E-state index in [-0.39, 0.29) is 16.6 Å². The van der Waals surface area contributed by atoms with Crippen molar-refractivity contribution in [2.75, 3.05) is 0 Å². The van der Waals surface area contributed by atoms with Crippen LogP contribution in [0.3, 0.4) is 0 Å². The molecular formula is C15H12ClFN2O. The summed E-state index contributed by atoms with van der Waals surface area (Å²) in [5.41, 5.74) is 3.10. The smallest absolute Gasteiger partial charge is 0.134 e. The van der Waals surface area contributed by atoms with E-state index in [4.69, 9.17) is 11.6 Å². The molecule has 0 atom stereocenters. The highest BCUT2D eigenvalue weighted by Crippen LogP contribution is 2.35. The number of hydrogen-bond acceptors (Lipinski definition) is 2. The molecule has 0 aliphatic heterocycles. The Bertz CT molecular complexity index is 826. The molecule has 0 radical (unpaired) electrons. The molecule has 3 aromatic rings. The number of rotatable bonds is 1. The van der Waals surface area contributed by atoms with Crippen LogP contribution in [0.1, 0.15) is 5.56 Å². The molecule has 20 heavy (non-hydrogen) atoms. The van der Waals surface area contributed by atoms with E-state index in [1.165, 1.54) is 12.1 Å². The predicted molar refractivity (Wildman–Crippen MR) is 77.5 cm³/mol. The zero-order valence-electron chi connectivity index (χ0n) is 11.0. The number of phenols is 1. The zero-order valence-corrected chi connectivity index (χ0v) is 11.7.